The van der Waals surface area contributed by atoms with Gasteiger partial charge >= 0.3 is 0 Å². The van der Waals surface area contributed by atoms with Crippen molar-refractivity contribution in [3.05, 3.63) is 0 Å². The first-order valence-electron chi connectivity index (χ1n) is 6.64. The van der Waals surface area contributed by atoms with E-state index in [1.54, 1.807) is 0 Å². The van der Waals surface area contributed by atoms with E-state index in [0.717, 1.165) is 30.5 Å². The van der Waals surface area contributed by atoms with Crippen LogP contribution in [-0.4, -0.2) is 30.6 Å². The second-order valence-electron chi connectivity index (χ2n) is 5.74. The number of rotatable bonds is 3. The Morgan fingerprint density at radius 2 is 1.87 bits per heavy atom. The number of hydrogen-bond acceptors (Lipinski definition) is 2. The van der Waals surface area contributed by atoms with Gasteiger partial charge in [0.2, 0.25) is 0 Å². The minimum absolute atomic E-state index is 0.764. The molecule has 0 aliphatic heterocycles. The molecule has 0 amide bonds. The summed E-state index contributed by atoms with van der Waals surface area (Å²) < 4.78 is 0. The summed E-state index contributed by atoms with van der Waals surface area (Å²) in [5.74, 6) is 1.72. The average molecular weight is 210 g/mol. The Balaban J connectivity index is 1.89. The predicted octanol–water partition coefficient (Wildman–Crippen LogP) is 2.23. The lowest BCUT2D eigenvalue weighted by Crippen LogP contribution is -2.51. The van der Waals surface area contributed by atoms with Gasteiger partial charge in [-0.05, 0) is 51.1 Å². The highest BCUT2D eigenvalue weighted by atomic mass is 15.2. The van der Waals surface area contributed by atoms with E-state index in [9.17, 15) is 0 Å². The normalized spacial score (nSPS) is 41.6. The molecule has 2 aliphatic carbocycles. The Bertz CT molecular complexity index is 199. The number of nitrogens with two attached hydrogens (primary N) is 1. The summed E-state index contributed by atoms with van der Waals surface area (Å²) in [6.07, 6.45) is 8.35. The van der Waals surface area contributed by atoms with Crippen molar-refractivity contribution in [1.82, 2.24) is 4.90 Å². The van der Waals surface area contributed by atoms with Gasteiger partial charge in [-0.15, -0.1) is 0 Å². The van der Waals surface area contributed by atoms with Gasteiger partial charge in [-0.25, -0.2) is 0 Å². The zero-order chi connectivity index (χ0) is 10.8. The minimum Gasteiger partial charge on any atom is -0.330 e. The molecule has 2 rings (SSSR count). The molecule has 0 heterocycles. The lowest BCUT2D eigenvalue weighted by Gasteiger charge is -2.47. The maximum absolute atomic E-state index is 5.89. The maximum atomic E-state index is 5.89. The zero-order valence-corrected chi connectivity index (χ0v) is 10.3. The van der Waals surface area contributed by atoms with Gasteiger partial charge in [-0.2, -0.15) is 0 Å². The number of hydrogen-bond donors (Lipinski definition) is 1. The van der Waals surface area contributed by atoms with E-state index in [-0.39, 0.29) is 0 Å². The van der Waals surface area contributed by atoms with Crippen molar-refractivity contribution in [3.8, 4) is 0 Å². The SMILES string of the molecule is CC1CC(N(C)C2CCCCC2CN)C1. The smallest absolute Gasteiger partial charge is 0.0135 e. The third kappa shape index (κ3) is 2.36. The first kappa shape index (κ1) is 11.4. The van der Waals surface area contributed by atoms with Crippen LogP contribution in [0.1, 0.15) is 45.4 Å². The van der Waals surface area contributed by atoms with Gasteiger partial charge in [0.1, 0.15) is 0 Å². The van der Waals surface area contributed by atoms with E-state index >= 15 is 0 Å². The summed E-state index contributed by atoms with van der Waals surface area (Å²) in [7, 11) is 2.33. The van der Waals surface area contributed by atoms with Crippen molar-refractivity contribution in [2.45, 2.75) is 57.5 Å². The summed E-state index contributed by atoms with van der Waals surface area (Å²) in [6.45, 7) is 3.25. The molecule has 2 fully saturated rings. The van der Waals surface area contributed by atoms with Gasteiger partial charge in [-0.3, -0.25) is 0 Å². The van der Waals surface area contributed by atoms with Crippen LogP contribution in [0.15, 0.2) is 0 Å². The molecular formula is C13H26N2. The second-order valence-corrected chi connectivity index (χ2v) is 5.74. The molecule has 15 heavy (non-hydrogen) atoms. The molecule has 2 atom stereocenters. The molecule has 0 aromatic rings. The van der Waals surface area contributed by atoms with E-state index in [1.165, 1.54) is 38.5 Å². The van der Waals surface area contributed by atoms with Crippen LogP contribution >= 0.6 is 0 Å². The highest BCUT2D eigenvalue weighted by molar-refractivity contribution is 4.90. The third-order valence-corrected chi connectivity index (χ3v) is 4.62. The van der Waals surface area contributed by atoms with Crippen LogP contribution in [0.2, 0.25) is 0 Å². The van der Waals surface area contributed by atoms with Gasteiger partial charge in [0.15, 0.2) is 0 Å². The molecule has 2 unspecified atom stereocenters. The summed E-state index contributed by atoms with van der Waals surface area (Å²) in [6, 6.07) is 1.64. The van der Waals surface area contributed by atoms with Crippen LogP contribution in [-0.2, 0) is 0 Å². The molecule has 0 bridgehead atoms. The fourth-order valence-corrected chi connectivity index (χ4v) is 3.46. The highest BCUT2D eigenvalue weighted by Crippen LogP contribution is 2.36. The molecule has 0 saturated heterocycles. The third-order valence-electron chi connectivity index (χ3n) is 4.62. The first-order chi connectivity index (χ1) is 7.22. The van der Waals surface area contributed by atoms with Gasteiger partial charge in [-0.1, -0.05) is 19.8 Å². The van der Waals surface area contributed by atoms with Crippen molar-refractivity contribution in [3.63, 3.8) is 0 Å². The van der Waals surface area contributed by atoms with Crippen molar-refractivity contribution < 1.29 is 0 Å². The van der Waals surface area contributed by atoms with Gasteiger partial charge < -0.3 is 10.6 Å². The first-order valence-corrected chi connectivity index (χ1v) is 6.64. The number of nitrogens with zero attached hydrogens (tertiary/aromatic N) is 1. The van der Waals surface area contributed by atoms with Crippen molar-refractivity contribution in [2.75, 3.05) is 13.6 Å². The Kier molecular flexibility index (Phi) is 3.68. The molecule has 2 saturated carbocycles. The molecule has 0 spiro atoms. The molecule has 2 heteroatoms. The predicted molar refractivity (Wildman–Crippen MR) is 64.7 cm³/mol. The lowest BCUT2D eigenvalue weighted by atomic mass is 9.77. The van der Waals surface area contributed by atoms with Crippen LogP contribution in [0.4, 0.5) is 0 Å². The van der Waals surface area contributed by atoms with E-state index in [4.69, 9.17) is 5.73 Å². The summed E-state index contributed by atoms with van der Waals surface area (Å²) in [4.78, 5) is 2.65. The van der Waals surface area contributed by atoms with Crippen molar-refractivity contribution >= 4 is 0 Å². The topological polar surface area (TPSA) is 29.3 Å². The molecule has 2 nitrogen and oxygen atoms in total. The fourth-order valence-electron chi connectivity index (χ4n) is 3.46. The van der Waals surface area contributed by atoms with Crippen molar-refractivity contribution in [2.24, 2.45) is 17.6 Å². The van der Waals surface area contributed by atoms with Gasteiger partial charge in [0.25, 0.3) is 0 Å². The van der Waals surface area contributed by atoms with E-state index in [2.05, 4.69) is 18.9 Å². The summed E-state index contributed by atoms with van der Waals surface area (Å²) in [5.41, 5.74) is 5.89. The van der Waals surface area contributed by atoms with Gasteiger partial charge in [0, 0.05) is 12.1 Å². The van der Waals surface area contributed by atoms with Crippen molar-refractivity contribution in [1.29, 1.82) is 0 Å². The van der Waals surface area contributed by atoms with Crippen LogP contribution < -0.4 is 5.73 Å². The molecule has 0 radical (unpaired) electrons. The molecule has 88 valence electrons. The lowest BCUT2D eigenvalue weighted by molar-refractivity contribution is 0.0316. The van der Waals surface area contributed by atoms with Crippen LogP contribution in [0, 0.1) is 11.8 Å². The van der Waals surface area contributed by atoms with Crippen LogP contribution in [0.3, 0.4) is 0 Å². The monoisotopic (exact) mass is 210 g/mol. The molecular weight excluding hydrogens is 184 g/mol. The molecule has 0 aromatic carbocycles. The van der Waals surface area contributed by atoms with Crippen LogP contribution in [0.25, 0.3) is 0 Å². The Labute approximate surface area is 94.2 Å². The zero-order valence-electron chi connectivity index (χ0n) is 10.3. The minimum atomic E-state index is 0.764. The van der Waals surface area contributed by atoms with E-state index in [1.807, 2.05) is 0 Å². The van der Waals surface area contributed by atoms with E-state index in [0.29, 0.717) is 0 Å². The molecule has 2 N–H and O–H groups in total. The average Bonchev–Trinajstić information content (AvgIpc) is 2.24. The largest absolute Gasteiger partial charge is 0.330 e. The molecule has 2 aliphatic rings. The quantitative estimate of drug-likeness (QED) is 0.774. The summed E-state index contributed by atoms with van der Waals surface area (Å²) >= 11 is 0. The highest BCUT2D eigenvalue weighted by Gasteiger charge is 2.35. The second kappa shape index (κ2) is 4.84. The Morgan fingerprint density at radius 3 is 2.47 bits per heavy atom. The Hall–Kier alpha value is -0.0800. The maximum Gasteiger partial charge on any atom is 0.0135 e. The fraction of sp³-hybridized carbons (Fsp3) is 1.00. The summed E-state index contributed by atoms with van der Waals surface area (Å²) in [5, 5.41) is 0. The van der Waals surface area contributed by atoms with Crippen LogP contribution in [0.5, 0.6) is 0 Å². The van der Waals surface area contributed by atoms with E-state index < -0.39 is 0 Å². The standard InChI is InChI=1S/C13H26N2/c1-10-7-12(8-10)15(2)13-6-4-3-5-11(13)9-14/h10-13H,3-9,14H2,1-2H3. The Morgan fingerprint density at radius 1 is 1.20 bits per heavy atom. The van der Waals surface area contributed by atoms with Gasteiger partial charge in [0.05, 0.1) is 0 Å². The molecule has 0 aromatic heterocycles.